The fourth-order valence-electron chi connectivity index (χ4n) is 3.12. The Bertz CT molecular complexity index is 388. The van der Waals surface area contributed by atoms with Crippen LogP contribution in [0, 0.1) is 5.92 Å². The summed E-state index contributed by atoms with van der Waals surface area (Å²) in [5.74, 6) is 1.31. The van der Waals surface area contributed by atoms with Crippen LogP contribution in [0.25, 0.3) is 0 Å². The predicted octanol–water partition coefficient (Wildman–Crippen LogP) is 1.40. The van der Waals surface area contributed by atoms with Crippen molar-refractivity contribution in [2.75, 3.05) is 24.6 Å². The molecule has 0 unspecified atom stereocenters. The maximum Gasteiger partial charge on any atom is 0.150 e. The second-order valence-corrected chi connectivity index (χ2v) is 8.99. The highest BCUT2D eigenvalue weighted by atomic mass is 32.2. The van der Waals surface area contributed by atoms with E-state index in [1.54, 1.807) is 0 Å². The number of hydrogen-bond acceptors (Lipinski definition) is 4. The summed E-state index contributed by atoms with van der Waals surface area (Å²) in [5, 5.41) is 0. The lowest BCUT2D eigenvalue weighted by atomic mass is 9.89. The summed E-state index contributed by atoms with van der Waals surface area (Å²) in [5.41, 5.74) is 6.01. The van der Waals surface area contributed by atoms with Gasteiger partial charge in [0.1, 0.15) is 9.84 Å². The van der Waals surface area contributed by atoms with Gasteiger partial charge in [-0.05, 0) is 44.6 Å². The van der Waals surface area contributed by atoms with Crippen LogP contribution in [0.15, 0.2) is 0 Å². The molecule has 1 aliphatic heterocycles. The molecule has 0 aromatic heterocycles. The molecule has 5 heteroatoms. The molecule has 0 radical (unpaired) electrons. The minimum Gasteiger partial charge on any atom is -0.329 e. The second-order valence-electron chi connectivity index (χ2n) is 6.69. The normalized spacial score (nSPS) is 25.9. The molecule has 1 heterocycles. The third kappa shape index (κ3) is 3.70. The average molecular weight is 288 g/mol. The fourth-order valence-corrected chi connectivity index (χ4v) is 4.70. The number of nitrogens with two attached hydrogens (primary N) is 1. The van der Waals surface area contributed by atoms with Crippen molar-refractivity contribution in [2.45, 2.75) is 57.5 Å². The molecule has 0 aromatic rings. The highest BCUT2D eigenvalue weighted by molar-refractivity contribution is 7.91. The van der Waals surface area contributed by atoms with Gasteiger partial charge in [0, 0.05) is 18.1 Å². The van der Waals surface area contributed by atoms with Crippen LogP contribution in [0.2, 0.25) is 0 Å². The number of sulfone groups is 1. The Labute approximate surface area is 117 Å². The van der Waals surface area contributed by atoms with Gasteiger partial charge in [0.15, 0.2) is 0 Å². The Morgan fingerprint density at radius 1 is 1.26 bits per heavy atom. The van der Waals surface area contributed by atoms with Crippen molar-refractivity contribution in [1.29, 1.82) is 0 Å². The molecule has 1 saturated carbocycles. The first-order valence-electron chi connectivity index (χ1n) is 7.56. The van der Waals surface area contributed by atoms with Crippen molar-refractivity contribution in [3.05, 3.63) is 0 Å². The summed E-state index contributed by atoms with van der Waals surface area (Å²) in [4.78, 5) is 2.56. The van der Waals surface area contributed by atoms with Crippen molar-refractivity contribution >= 4 is 9.84 Å². The molecule has 0 amide bonds. The smallest absolute Gasteiger partial charge is 0.150 e. The highest BCUT2D eigenvalue weighted by Gasteiger charge is 2.46. The van der Waals surface area contributed by atoms with Crippen LogP contribution in [0.4, 0.5) is 0 Å². The molecule has 0 spiro atoms. The van der Waals surface area contributed by atoms with Gasteiger partial charge in [0.05, 0.1) is 11.5 Å². The van der Waals surface area contributed by atoms with Crippen molar-refractivity contribution in [3.63, 3.8) is 0 Å². The molecule has 4 nitrogen and oxygen atoms in total. The van der Waals surface area contributed by atoms with E-state index < -0.39 is 9.84 Å². The van der Waals surface area contributed by atoms with Crippen molar-refractivity contribution in [2.24, 2.45) is 11.7 Å². The van der Waals surface area contributed by atoms with E-state index in [0.29, 0.717) is 30.0 Å². The van der Waals surface area contributed by atoms with Gasteiger partial charge in [-0.2, -0.15) is 0 Å². The van der Waals surface area contributed by atoms with Gasteiger partial charge < -0.3 is 5.73 Å². The topological polar surface area (TPSA) is 63.4 Å². The molecule has 2 rings (SSSR count). The monoisotopic (exact) mass is 288 g/mol. The lowest BCUT2D eigenvalue weighted by Crippen LogP contribution is -2.59. The number of nitrogens with zero attached hydrogens (tertiary/aromatic N) is 1. The van der Waals surface area contributed by atoms with E-state index in [2.05, 4.69) is 18.7 Å². The Balaban J connectivity index is 2.08. The van der Waals surface area contributed by atoms with Crippen LogP contribution in [0.1, 0.15) is 46.0 Å². The first kappa shape index (κ1) is 15.3. The Hall–Kier alpha value is -0.130. The third-order valence-corrected chi connectivity index (χ3v) is 6.33. The number of rotatable bonds is 6. The zero-order chi connectivity index (χ0) is 14.1. The van der Waals surface area contributed by atoms with Gasteiger partial charge in [-0.15, -0.1) is 0 Å². The van der Waals surface area contributed by atoms with Crippen molar-refractivity contribution < 1.29 is 8.42 Å². The zero-order valence-corrected chi connectivity index (χ0v) is 13.1. The standard InChI is InChI=1S/C14H28N2O2S/c1-12(2)5-8-16(13-3-4-13)14(11-15)6-9-19(17,18)10-7-14/h12-13H,3-11,15H2,1-2H3. The average Bonchev–Trinajstić information content (AvgIpc) is 3.16. The molecule has 2 N–H and O–H groups in total. The second kappa shape index (κ2) is 5.70. The van der Waals surface area contributed by atoms with Crippen LogP contribution in [0.5, 0.6) is 0 Å². The van der Waals surface area contributed by atoms with E-state index in [4.69, 9.17) is 5.73 Å². The van der Waals surface area contributed by atoms with E-state index in [-0.39, 0.29) is 5.54 Å². The van der Waals surface area contributed by atoms with Gasteiger partial charge >= 0.3 is 0 Å². The first-order valence-corrected chi connectivity index (χ1v) is 9.38. The Morgan fingerprint density at radius 2 is 1.84 bits per heavy atom. The van der Waals surface area contributed by atoms with Gasteiger partial charge in [-0.1, -0.05) is 13.8 Å². The SMILES string of the molecule is CC(C)CCN(C1CC1)C1(CN)CCS(=O)(=O)CC1. The lowest BCUT2D eigenvalue weighted by molar-refractivity contribution is 0.0691. The minimum atomic E-state index is -2.82. The quantitative estimate of drug-likeness (QED) is 0.802. The summed E-state index contributed by atoms with van der Waals surface area (Å²) in [7, 11) is -2.82. The first-order chi connectivity index (χ1) is 8.88. The number of hydrogen-bond donors (Lipinski definition) is 1. The van der Waals surface area contributed by atoms with Crippen molar-refractivity contribution in [1.82, 2.24) is 4.90 Å². The lowest BCUT2D eigenvalue weighted by Gasteiger charge is -2.46. The summed E-state index contributed by atoms with van der Waals surface area (Å²) in [6, 6.07) is 0.656. The van der Waals surface area contributed by atoms with E-state index in [1.807, 2.05) is 0 Å². The molecule has 19 heavy (non-hydrogen) atoms. The molecule has 1 aliphatic carbocycles. The Morgan fingerprint density at radius 3 is 2.26 bits per heavy atom. The van der Waals surface area contributed by atoms with Gasteiger partial charge in [0.25, 0.3) is 0 Å². The summed E-state index contributed by atoms with van der Waals surface area (Å²) in [6.45, 7) is 6.15. The van der Waals surface area contributed by atoms with Gasteiger partial charge in [-0.3, -0.25) is 4.90 Å². The largest absolute Gasteiger partial charge is 0.329 e. The van der Waals surface area contributed by atoms with Gasteiger partial charge in [-0.25, -0.2) is 8.42 Å². The maximum atomic E-state index is 11.7. The zero-order valence-electron chi connectivity index (χ0n) is 12.3. The minimum absolute atomic E-state index is 0.0542. The van der Waals surface area contributed by atoms with E-state index in [9.17, 15) is 8.42 Å². The molecule has 2 fully saturated rings. The molecule has 0 atom stereocenters. The van der Waals surface area contributed by atoms with Crippen LogP contribution >= 0.6 is 0 Å². The summed E-state index contributed by atoms with van der Waals surface area (Å²) >= 11 is 0. The molecule has 0 bridgehead atoms. The van der Waals surface area contributed by atoms with Gasteiger partial charge in [0.2, 0.25) is 0 Å². The van der Waals surface area contributed by atoms with Crippen LogP contribution in [0.3, 0.4) is 0 Å². The molecule has 1 saturated heterocycles. The molecule has 0 aromatic carbocycles. The maximum absolute atomic E-state index is 11.7. The fraction of sp³-hybridized carbons (Fsp3) is 1.00. The van der Waals surface area contributed by atoms with Crippen molar-refractivity contribution in [3.8, 4) is 0 Å². The van der Waals surface area contributed by atoms with Crippen LogP contribution in [-0.2, 0) is 9.84 Å². The van der Waals surface area contributed by atoms with E-state index >= 15 is 0 Å². The van der Waals surface area contributed by atoms with E-state index in [1.165, 1.54) is 19.3 Å². The molecule has 112 valence electrons. The molecular formula is C14H28N2O2S. The predicted molar refractivity (Wildman–Crippen MR) is 78.9 cm³/mol. The van der Waals surface area contributed by atoms with Crippen LogP contribution in [-0.4, -0.2) is 49.5 Å². The summed E-state index contributed by atoms with van der Waals surface area (Å²) in [6.07, 6.45) is 5.13. The third-order valence-electron chi connectivity index (χ3n) is 4.68. The molecular weight excluding hydrogens is 260 g/mol. The summed E-state index contributed by atoms with van der Waals surface area (Å²) < 4.78 is 23.3. The Kier molecular flexibility index (Phi) is 4.58. The highest BCUT2D eigenvalue weighted by Crippen LogP contribution is 2.38. The van der Waals surface area contributed by atoms with E-state index in [0.717, 1.165) is 19.4 Å². The molecule has 2 aliphatic rings. The van der Waals surface area contributed by atoms with Crippen LogP contribution < -0.4 is 5.73 Å².